The van der Waals surface area contributed by atoms with E-state index in [0.717, 1.165) is 46.5 Å². The fourth-order valence-corrected chi connectivity index (χ4v) is 10.5. The summed E-state index contributed by atoms with van der Waals surface area (Å²) in [6, 6.07) is 49.7. The van der Waals surface area contributed by atoms with Crippen molar-refractivity contribution < 1.29 is 166 Å². The van der Waals surface area contributed by atoms with E-state index in [9.17, 15) is 25.5 Å². The highest BCUT2D eigenvalue weighted by Crippen LogP contribution is 2.34. The first-order valence-electron chi connectivity index (χ1n) is 63.9. The van der Waals surface area contributed by atoms with Crippen LogP contribution in [0.15, 0.2) is 212 Å². The quantitative estimate of drug-likeness (QED) is 0.0238. The monoisotopic (exact) mass is 1770 g/mol. The van der Waals surface area contributed by atoms with Crippen LogP contribution >= 0.6 is 0 Å². The molecule has 20 nitrogen and oxygen atoms in total. The normalized spacial score (nSPS) is 21.3. The standard InChI is InChI=1S/5C21H28O4/c5*1-16-7-6-10-19(13-16)25-15-18(22)9-5-4-8-17-11-12-20(23-2)21(14-17)24-3/h5*6-7,10-14,18,22H,4-5,8-9,15H2,1-3H3/i2D3,3D3,8D2,9D2,15D2,18D;3D3,8D2,9D2,15D2,18D;2D3,8D2,9D2,15D2,18D;2D3,3D3,9D2,15D2,18D;8D2,9D2,15D2,18D. The Morgan fingerprint density at radius 2 is 0.440 bits per heavy atom. The minimum atomic E-state index is -3.48. The van der Waals surface area contributed by atoms with Gasteiger partial charge in [0.1, 0.15) is 61.5 Å². The third kappa shape index (κ3) is 41.1. The molecule has 5 unspecified atom stereocenters. The number of hydrogen-bond donors (Lipinski definition) is 5. The van der Waals surface area contributed by atoms with E-state index in [4.69, 9.17) is 141 Å². The smallest absolute Gasteiger partial charge is 0.160 e. The molecule has 680 valence electrons. The Labute approximate surface area is 816 Å². The highest BCUT2D eigenvalue weighted by atomic mass is 16.5. The van der Waals surface area contributed by atoms with Crippen molar-refractivity contribution >= 4 is 0 Å². The van der Waals surface area contributed by atoms with Gasteiger partial charge < -0.3 is 96.6 Å². The number of hydrogen-bond acceptors (Lipinski definition) is 20. The van der Waals surface area contributed by atoms with Gasteiger partial charge in [0.25, 0.3) is 0 Å². The molecule has 20 heteroatoms. The Morgan fingerprint density at radius 1 is 0.240 bits per heavy atom. The second kappa shape index (κ2) is 59.8. The Hall–Kier alpha value is -11.0. The largest absolute Gasteiger partial charge is 0.493 e. The van der Waals surface area contributed by atoms with Crippen molar-refractivity contribution in [1.82, 2.24) is 0 Å². The summed E-state index contributed by atoms with van der Waals surface area (Å²) < 4.78 is 475. The predicted molar refractivity (Wildman–Crippen MR) is 499 cm³/mol. The van der Waals surface area contributed by atoms with E-state index >= 15 is 0 Å². The Balaban J connectivity index is 0.000000333. The molecular weight excluding hydrogens is 1580 g/mol. The highest BCUT2D eigenvalue weighted by Gasteiger charge is 2.15. The molecule has 10 rings (SSSR count). The van der Waals surface area contributed by atoms with E-state index in [1.165, 1.54) is 156 Å². The van der Waals surface area contributed by atoms with E-state index in [1.807, 2.05) is 0 Å². The number of rotatable bonds is 50. The van der Waals surface area contributed by atoms with E-state index in [-0.39, 0.29) is 98.3 Å². The van der Waals surface area contributed by atoms with Crippen molar-refractivity contribution in [3.8, 4) is 86.2 Å². The first-order valence-corrected chi connectivity index (χ1v) is 38.4. The van der Waals surface area contributed by atoms with Gasteiger partial charge in [-0.15, -0.1) is 0 Å². The van der Waals surface area contributed by atoms with Crippen molar-refractivity contribution in [2.24, 2.45) is 0 Å². The van der Waals surface area contributed by atoms with Crippen LogP contribution < -0.4 is 71.1 Å². The maximum Gasteiger partial charge on any atom is 0.160 e. The van der Waals surface area contributed by atoms with Crippen LogP contribution in [0.3, 0.4) is 0 Å². The van der Waals surface area contributed by atoms with Crippen LogP contribution in [-0.4, -0.2) is 159 Å². The van der Waals surface area contributed by atoms with Crippen LogP contribution in [0.1, 0.15) is 222 Å². The number of ether oxygens (including phenoxy) is 15. The molecule has 0 heterocycles. The molecule has 0 aromatic heterocycles. The van der Waals surface area contributed by atoms with Crippen LogP contribution in [0.2, 0.25) is 0 Å². The molecule has 5 atom stereocenters. The molecule has 0 bridgehead atoms. The van der Waals surface area contributed by atoms with E-state index in [0.29, 0.717) is 22.6 Å². The van der Waals surface area contributed by atoms with Gasteiger partial charge in [0.2, 0.25) is 0 Å². The molecule has 125 heavy (non-hydrogen) atoms. The molecule has 0 fully saturated rings. The molecule has 0 saturated heterocycles. The Bertz CT molecular complexity index is 7020. The zero-order valence-electron chi connectivity index (χ0n) is 121. The van der Waals surface area contributed by atoms with Gasteiger partial charge in [-0.3, -0.25) is 0 Å². The van der Waals surface area contributed by atoms with Crippen molar-refractivity contribution in [1.29, 1.82) is 0 Å². The Morgan fingerprint density at radius 3 is 0.664 bits per heavy atom. The zero-order chi connectivity index (χ0) is 135. The minimum Gasteiger partial charge on any atom is -0.493 e. The first-order chi connectivity index (χ1) is 79.5. The molecule has 10 aromatic rings. The topological polar surface area (TPSA) is 240 Å². The van der Waals surface area contributed by atoms with Crippen LogP contribution in [0.25, 0.3) is 0 Å². The second-order valence-electron chi connectivity index (χ2n) is 26.1. The summed E-state index contributed by atoms with van der Waals surface area (Å²) >= 11 is 0. The molecular formula is C105H140O20. The van der Waals surface area contributed by atoms with Crippen molar-refractivity contribution in [2.45, 2.75) is 193 Å². The molecule has 0 spiro atoms. The van der Waals surface area contributed by atoms with Gasteiger partial charge in [-0.1, -0.05) is 123 Å². The molecule has 0 amide bonds. The summed E-state index contributed by atoms with van der Waals surface area (Å²) in [4.78, 5) is 0. The predicted octanol–water partition coefficient (Wildman–Crippen LogP) is 20.8. The number of methoxy groups -OCH3 is 10. The fourth-order valence-electron chi connectivity index (χ4n) is 10.5. The van der Waals surface area contributed by atoms with E-state index < -0.39 is 232 Å². The van der Waals surface area contributed by atoms with Crippen molar-refractivity contribution in [3.05, 3.63) is 268 Å². The SMILES string of the molecule is [2H]C([2H])(CCC([2H])([2H])C([2H])(O)C([2H])([2H])Oc1cccc(C)c1)c1ccc(OC)c(OC)c1.[2H]C([2H])([2H])Oc1cc(C([2H])([2H])CCC([2H])([2H])C([2H])(O)C([2H])([2H])Oc2cccc(C)c2)ccc1OC.[2H]C([2H])([2H])Oc1ccc(C([2H])([2H])CCC([2H])([2H])C([2H])(O)C([2H])([2H])Oc2cccc(C)c2)cc1OC.[2H]C([2H])([2H])Oc1ccc(C([2H])([2H])CCC([2H])([2H])C([2H])(O)C([2H])([2H])Oc2cccc(C)c2)cc1OC([2H])([2H])[2H].[2H]C([2H])([2H])Oc1ccc(CCCC([2H])([2H])C([2H])(O)C([2H])([2H])Oc2cccc(C)c2)cc1OC([2H])([2H])[2H]. The van der Waals surface area contributed by atoms with Crippen LogP contribution in [-0.2, 0) is 31.9 Å². The summed E-state index contributed by atoms with van der Waals surface area (Å²) in [6.07, 6.45) is -45.9. The van der Waals surface area contributed by atoms with Gasteiger partial charge in [0, 0.05) is 24.7 Å². The number of benzene rings is 10. The average Bonchev–Trinajstić information content (AvgIpc) is 0.759. The molecule has 0 aliphatic heterocycles. The lowest BCUT2D eigenvalue weighted by Crippen LogP contribution is -2.17. The lowest BCUT2D eigenvalue weighted by atomic mass is 10.0. The van der Waals surface area contributed by atoms with Crippen LogP contribution in [0.5, 0.6) is 86.2 Å². The van der Waals surface area contributed by atoms with Crippen LogP contribution in [0, 0.1) is 34.6 Å². The van der Waals surface area contributed by atoms with Gasteiger partial charge >= 0.3 is 0 Å². The maximum absolute atomic E-state index is 10.6. The lowest BCUT2D eigenvalue weighted by molar-refractivity contribution is 0.0976. The molecule has 5 N–H and O–H groups in total. The third-order valence-corrected chi connectivity index (χ3v) is 16.5. The molecule has 10 aromatic carbocycles. The summed E-state index contributed by atoms with van der Waals surface area (Å²) in [5.74, 6) is -1.38. The van der Waals surface area contributed by atoms with Gasteiger partial charge in [-0.25, -0.2) is 0 Å². The van der Waals surface area contributed by atoms with Crippen molar-refractivity contribution in [3.63, 3.8) is 0 Å². The molecule has 0 radical (unpaired) electrons. The van der Waals surface area contributed by atoms with Crippen molar-refractivity contribution in [2.75, 3.05) is 103 Å². The summed E-state index contributed by atoms with van der Waals surface area (Å²) in [6.45, 7) is -7.15. The maximum atomic E-state index is 10.6. The second-order valence-corrected chi connectivity index (χ2v) is 26.1. The van der Waals surface area contributed by atoms with Gasteiger partial charge in [0.15, 0.2) is 57.5 Å². The molecule has 0 saturated carbocycles. The van der Waals surface area contributed by atoms with Gasteiger partial charge in [-0.2, -0.15) is 0 Å². The Kier molecular flexibility index (Phi) is 24.1. The molecule has 0 aliphatic carbocycles. The van der Waals surface area contributed by atoms with E-state index in [1.54, 1.807) is 95.3 Å². The van der Waals surface area contributed by atoms with Gasteiger partial charge in [0.05, 0.1) is 146 Å². The first kappa shape index (κ1) is 50.4. The number of aliphatic hydroxyl groups is 5. The number of aryl methyl sites for hydroxylation is 10. The highest BCUT2D eigenvalue weighted by molar-refractivity contribution is 5.47. The minimum absolute atomic E-state index is 0.00161. The van der Waals surface area contributed by atoms with E-state index in [2.05, 4.69) is 0 Å². The van der Waals surface area contributed by atoms with Crippen LogP contribution in [0.4, 0.5) is 0 Å². The van der Waals surface area contributed by atoms with Gasteiger partial charge in [-0.05, 0) is 307 Å². The summed E-state index contributed by atoms with van der Waals surface area (Å²) in [5.41, 5.74) is 4.01. The summed E-state index contributed by atoms with van der Waals surface area (Å²) in [7, 11) is -11.9. The third-order valence-electron chi connectivity index (χ3n) is 16.5. The summed E-state index contributed by atoms with van der Waals surface area (Å²) in [5, 5.41) is 52.9. The fraction of sp³-hybridized carbons (Fsp3) is 0.429. The average molecular weight is 1770 g/mol. The molecule has 0 aliphatic rings. The lowest BCUT2D eigenvalue weighted by Gasteiger charge is -2.13. The zero-order valence-corrected chi connectivity index (χ0v) is 70.3.